The number of amides is 2. The van der Waals surface area contributed by atoms with E-state index in [1.807, 2.05) is 0 Å². The standard InChI is InChI=1S/C16H20N2O4/c1-10(2)14(16(21)22)17-15(20)11-5-3-6-12(9-11)18-8-4-7-13(18)19/h3,5-6,9-10,14H,4,7-8H2,1-2H3,(H,17,20)(H,21,22)/t14-/m0/s1. The lowest BCUT2D eigenvalue weighted by molar-refractivity contribution is -0.140. The lowest BCUT2D eigenvalue weighted by Gasteiger charge is -2.19. The van der Waals surface area contributed by atoms with Crippen LogP contribution < -0.4 is 10.2 Å². The maximum Gasteiger partial charge on any atom is 0.326 e. The summed E-state index contributed by atoms with van der Waals surface area (Å²) in [5.74, 6) is -1.68. The minimum Gasteiger partial charge on any atom is -0.480 e. The predicted octanol–water partition coefficient (Wildman–Crippen LogP) is 1.65. The average Bonchev–Trinajstić information content (AvgIpc) is 2.90. The van der Waals surface area contributed by atoms with E-state index in [4.69, 9.17) is 5.11 Å². The van der Waals surface area contributed by atoms with Crippen LogP contribution in [0.5, 0.6) is 0 Å². The van der Waals surface area contributed by atoms with Crippen molar-refractivity contribution in [2.45, 2.75) is 32.7 Å². The first-order valence-electron chi connectivity index (χ1n) is 7.34. The monoisotopic (exact) mass is 304 g/mol. The Morgan fingerprint density at radius 1 is 1.32 bits per heavy atom. The number of hydrogen-bond donors (Lipinski definition) is 2. The molecule has 0 unspecified atom stereocenters. The van der Waals surface area contributed by atoms with Crippen LogP contribution in [0.25, 0.3) is 0 Å². The molecule has 2 rings (SSSR count). The molecular weight excluding hydrogens is 284 g/mol. The molecule has 1 aromatic rings. The topological polar surface area (TPSA) is 86.7 Å². The minimum atomic E-state index is -1.06. The van der Waals surface area contributed by atoms with Crippen LogP contribution in [0.1, 0.15) is 37.0 Å². The molecule has 0 aliphatic carbocycles. The number of rotatable bonds is 5. The van der Waals surface area contributed by atoms with Gasteiger partial charge in [-0.3, -0.25) is 9.59 Å². The lowest BCUT2D eigenvalue weighted by Crippen LogP contribution is -2.44. The number of carboxylic acid groups (broad SMARTS) is 1. The minimum absolute atomic E-state index is 0.0446. The lowest BCUT2D eigenvalue weighted by atomic mass is 10.0. The normalized spacial score (nSPS) is 16.0. The van der Waals surface area contributed by atoms with E-state index < -0.39 is 17.9 Å². The molecular formula is C16H20N2O4. The summed E-state index contributed by atoms with van der Waals surface area (Å²) in [7, 11) is 0. The number of carbonyl (C=O) groups is 3. The third kappa shape index (κ3) is 3.44. The summed E-state index contributed by atoms with van der Waals surface area (Å²) in [6.45, 7) is 4.12. The molecule has 22 heavy (non-hydrogen) atoms. The summed E-state index contributed by atoms with van der Waals surface area (Å²) in [4.78, 5) is 36.8. The van der Waals surface area contributed by atoms with Gasteiger partial charge in [-0.25, -0.2) is 4.79 Å². The molecule has 2 amide bonds. The van der Waals surface area contributed by atoms with Crippen LogP contribution in [0.15, 0.2) is 24.3 Å². The number of anilines is 1. The molecule has 1 saturated heterocycles. The Kier molecular flexibility index (Phi) is 4.80. The predicted molar refractivity (Wildman–Crippen MR) is 81.8 cm³/mol. The van der Waals surface area contributed by atoms with E-state index in [-0.39, 0.29) is 11.8 Å². The zero-order valence-corrected chi connectivity index (χ0v) is 12.7. The Hall–Kier alpha value is -2.37. The smallest absolute Gasteiger partial charge is 0.326 e. The van der Waals surface area contributed by atoms with Gasteiger partial charge >= 0.3 is 5.97 Å². The van der Waals surface area contributed by atoms with Gasteiger partial charge in [0.15, 0.2) is 0 Å². The van der Waals surface area contributed by atoms with E-state index in [0.717, 1.165) is 6.42 Å². The average molecular weight is 304 g/mol. The van der Waals surface area contributed by atoms with E-state index >= 15 is 0 Å². The molecule has 0 radical (unpaired) electrons. The number of benzene rings is 1. The van der Waals surface area contributed by atoms with Crippen LogP contribution in [0.2, 0.25) is 0 Å². The first-order valence-corrected chi connectivity index (χ1v) is 7.34. The second-order valence-corrected chi connectivity index (χ2v) is 5.73. The quantitative estimate of drug-likeness (QED) is 0.866. The van der Waals surface area contributed by atoms with Crippen LogP contribution in [-0.4, -0.2) is 35.5 Å². The highest BCUT2D eigenvalue weighted by Gasteiger charge is 2.25. The van der Waals surface area contributed by atoms with Crippen molar-refractivity contribution in [2.24, 2.45) is 5.92 Å². The van der Waals surface area contributed by atoms with Crippen molar-refractivity contribution >= 4 is 23.5 Å². The van der Waals surface area contributed by atoms with Crippen LogP contribution in [0, 0.1) is 5.92 Å². The second kappa shape index (κ2) is 6.60. The Balaban J connectivity index is 2.16. The molecule has 1 fully saturated rings. The highest BCUT2D eigenvalue weighted by molar-refractivity contribution is 6.00. The molecule has 1 heterocycles. The number of aliphatic carboxylic acids is 1. The molecule has 0 spiro atoms. The van der Waals surface area contributed by atoms with Crippen molar-refractivity contribution in [3.05, 3.63) is 29.8 Å². The second-order valence-electron chi connectivity index (χ2n) is 5.73. The summed E-state index contributed by atoms with van der Waals surface area (Å²) < 4.78 is 0. The highest BCUT2D eigenvalue weighted by Crippen LogP contribution is 2.22. The fraction of sp³-hybridized carbons (Fsp3) is 0.438. The van der Waals surface area contributed by atoms with Crippen LogP contribution in [-0.2, 0) is 9.59 Å². The van der Waals surface area contributed by atoms with Crippen molar-refractivity contribution in [3.8, 4) is 0 Å². The van der Waals surface area contributed by atoms with E-state index in [1.165, 1.54) is 0 Å². The summed E-state index contributed by atoms with van der Waals surface area (Å²) in [5.41, 5.74) is 1.02. The number of nitrogens with one attached hydrogen (secondary N) is 1. The van der Waals surface area contributed by atoms with Crippen molar-refractivity contribution < 1.29 is 19.5 Å². The maximum atomic E-state index is 12.2. The van der Waals surface area contributed by atoms with Gasteiger partial charge < -0.3 is 15.3 Å². The molecule has 6 heteroatoms. The van der Waals surface area contributed by atoms with Gasteiger partial charge in [0.1, 0.15) is 6.04 Å². The molecule has 6 nitrogen and oxygen atoms in total. The van der Waals surface area contributed by atoms with Gasteiger partial charge in [-0.2, -0.15) is 0 Å². The highest BCUT2D eigenvalue weighted by atomic mass is 16.4. The summed E-state index contributed by atoms with van der Waals surface area (Å²) >= 11 is 0. The summed E-state index contributed by atoms with van der Waals surface area (Å²) in [6, 6.07) is 5.76. The van der Waals surface area contributed by atoms with Crippen LogP contribution >= 0.6 is 0 Å². The number of carbonyl (C=O) groups excluding carboxylic acids is 2. The summed E-state index contributed by atoms with van der Waals surface area (Å²) in [6.07, 6.45) is 1.33. The molecule has 0 bridgehead atoms. The molecule has 1 aromatic carbocycles. The van der Waals surface area contributed by atoms with Crippen molar-refractivity contribution in [1.29, 1.82) is 0 Å². The van der Waals surface area contributed by atoms with Crippen molar-refractivity contribution in [2.75, 3.05) is 11.4 Å². The Morgan fingerprint density at radius 2 is 2.05 bits per heavy atom. The number of nitrogens with zero attached hydrogens (tertiary/aromatic N) is 1. The SMILES string of the molecule is CC(C)[C@H](NC(=O)c1cccc(N2CCCC2=O)c1)C(=O)O. The van der Waals surface area contributed by atoms with Crippen molar-refractivity contribution in [1.82, 2.24) is 5.32 Å². The van der Waals surface area contributed by atoms with E-state index in [0.29, 0.717) is 24.2 Å². The Labute approximate surface area is 129 Å². The van der Waals surface area contributed by atoms with Gasteiger partial charge in [-0.15, -0.1) is 0 Å². The third-order valence-electron chi connectivity index (χ3n) is 3.71. The molecule has 118 valence electrons. The summed E-state index contributed by atoms with van der Waals surface area (Å²) in [5, 5.41) is 11.7. The molecule has 2 N–H and O–H groups in total. The first kappa shape index (κ1) is 16.0. The number of carboxylic acids is 1. The Bertz CT molecular complexity index is 598. The molecule has 1 aliphatic rings. The van der Waals surface area contributed by atoms with Gasteiger partial charge in [0.05, 0.1) is 0 Å². The fourth-order valence-corrected chi connectivity index (χ4v) is 2.47. The maximum absolute atomic E-state index is 12.2. The molecule has 1 atom stereocenters. The fourth-order valence-electron chi connectivity index (χ4n) is 2.47. The van der Waals surface area contributed by atoms with E-state index in [1.54, 1.807) is 43.0 Å². The largest absolute Gasteiger partial charge is 0.480 e. The van der Waals surface area contributed by atoms with Gasteiger partial charge in [-0.1, -0.05) is 19.9 Å². The number of hydrogen-bond acceptors (Lipinski definition) is 3. The molecule has 1 aliphatic heterocycles. The van der Waals surface area contributed by atoms with E-state index in [9.17, 15) is 14.4 Å². The van der Waals surface area contributed by atoms with Crippen molar-refractivity contribution in [3.63, 3.8) is 0 Å². The molecule has 0 aromatic heterocycles. The van der Waals surface area contributed by atoms with Crippen LogP contribution in [0.4, 0.5) is 5.69 Å². The zero-order valence-electron chi connectivity index (χ0n) is 12.7. The van der Waals surface area contributed by atoms with Gasteiger partial charge in [0, 0.05) is 24.2 Å². The van der Waals surface area contributed by atoms with Gasteiger partial charge in [0.2, 0.25) is 5.91 Å². The Morgan fingerprint density at radius 3 is 2.59 bits per heavy atom. The van der Waals surface area contributed by atoms with Gasteiger partial charge in [0.25, 0.3) is 5.91 Å². The molecule has 0 saturated carbocycles. The third-order valence-corrected chi connectivity index (χ3v) is 3.71. The van der Waals surface area contributed by atoms with Crippen LogP contribution in [0.3, 0.4) is 0 Å². The first-order chi connectivity index (χ1) is 10.4. The van der Waals surface area contributed by atoms with Gasteiger partial charge in [-0.05, 0) is 30.5 Å². The van der Waals surface area contributed by atoms with E-state index in [2.05, 4.69) is 5.32 Å². The zero-order chi connectivity index (χ0) is 16.3.